The van der Waals surface area contributed by atoms with Crippen molar-refractivity contribution in [3.8, 4) is 0 Å². The Balaban J connectivity index is 2.97. The van der Waals surface area contributed by atoms with Crippen LogP contribution >= 0.6 is 11.6 Å². The van der Waals surface area contributed by atoms with E-state index in [9.17, 15) is 14.4 Å². The summed E-state index contributed by atoms with van der Waals surface area (Å²) in [6.07, 6.45) is 0.751. The molecule has 1 aromatic rings. The summed E-state index contributed by atoms with van der Waals surface area (Å²) in [6, 6.07) is 8.55. The third-order valence-electron chi connectivity index (χ3n) is 2.15. The number of alkyl halides is 1. The zero-order valence-electron chi connectivity index (χ0n) is 9.43. The minimum absolute atomic E-state index is 0.302. The molecule has 0 unspecified atom stereocenters. The molecule has 94 valence electrons. The van der Waals surface area contributed by atoms with Gasteiger partial charge in [0, 0.05) is 0 Å². The fourth-order valence-corrected chi connectivity index (χ4v) is 1.39. The summed E-state index contributed by atoms with van der Waals surface area (Å²) in [4.78, 5) is 33.6. The summed E-state index contributed by atoms with van der Waals surface area (Å²) >= 11 is 5.27. The second kappa shape index (κ2) is 6.71. The maximum absolute atomic E-state index is 11.6. The Morgan fingerprint density at radius 2 is 1.78 bits per heavy atom. The molecule has 0 aliphatic rings. The van der Waals surface area contributed by atoms with Gasteiger partial charge in [-0.15, -0.1) is 11.6 Å². The SMILES string of the molecule is O=C(CCl)CC(=O)/C(=C/c1ccccc1)C(=O)O. The van der Waals surface area contributed by atoms with Crippen LogP contribution in [0, 0.1) is 0 Å². The van der Waals surface area contributed by atoms with Crippen LogP contribution < -0.4 is 0 Å². The molecule has 0 amide bonds. The largest absolute Gasteiger partial charge is 0.478 e. The Labute approximate surface area is 109 Å². The number of carbonyl (C=O) groups is 3. The lowest BCUT2D eigenvalue weighted by Crippen LogP contribution is -2.16. The van der Waals surface area contributed by atoms with E-state index in [1.165, 1.54) is 6.08 Å². The molecule has 1 rings (SSSR count). The van der Waals surface area contributed by atoms with Crippen molar-refractivity contribution in [2.24, 2.45) is 0 Å². The van der Waals surface area contributed by atoms with Crippen LogP contribution in [0.25, 0.3) is 6.08 Å². The number of carboxylic acid groups (broad SMARTS) is 1. The van der Waals surface area contributed by atoms with Crippen LogP contribution in [-0.4, -0.2) is 28.5 Å². The van der Waals surface area contributed by atoms with Crippen molar-refractivity contribution in [3.63, 3.8) is 0 Å². The number of carboxylic acids is 1. The molecule has 5 heteroatoms. The van der Waals surface area contributed by atoms with Gasteiger partial charge >= 0.3 is 5.97 Å². The molecule has 0 aliphatic carbocycles. The van der Waals surface area contributed by atoms with Gasteiger partial charge in [0.1, 0.15) is 5.57 Å². The van der Waals surface area contributed by atoms with Crippen molar-refractivity contribution in [1.82, 2.24) is 0 Å². The van der Waals surface area contributed by atoms with Gasteiger partial charge in [0.05, 0.1) is 12.3 Å². The van der Waals surface area contributed by atoms with E-state index < -0.39 is 29.5 Å². The number of ketones is 2. The molecule has 0 heterocycles. The Hall–Kier alpha value is -1.94. The quantitative estimate of drug-likeness (QED) is 0.370. The molecule has 0 aliphatic heterocycles. The highest BCUT2D eigenvalue weighted by atomic mass is 35.5. The highest BCUT2D eigenvalue weighted by Crippen LogP contribution is 2.10. The number of halogens is 1. The van der Waals surface area contributed by atoms with Crippen molar-refractivity contribution in [2.45, 2.75) is 6.42 Å². The number of hydrogen-bond donors (Lipinski definition) is 1. The molecule has 1 N–H and O–H groups in total. The first-order chi connectivity index (χ1) is 8.54. The molecule has 18 heavy (non-hydrogen) atoms. The van der Waals surface area contributed by atoms with E-state index in [2.05, 4.69) is 0 Å². The molecule has 0 saturated carbocycles. The summed E-state index contributed by atoms with van der Waals surface area (Å²) in [5.74, 6) is -2.89. The van der Waals surface area contributed by atoms with E-state index in [0.29, 0.717) is 5.56 Å². The van der Waals surface area contributed by atoms with Gasteiger partial charge in [0.25, 0.3) is 0 Å². The minimum Gasteiger partial charge on any atom is -0.478 e. The van der Waals surface area contributed by atoms with Crippen molar-refractivity contribution >= 4 is 35.2 Å². The highest BCUT2D eigenvalue weighted by molar-refractivity contribution is 6.31. The predicted molar refractivity (Wildman–Crippen MR) is 67.4 cm³/mol. The van der Waals surface area contributed by atoms with E-state index >= 15 is 0 Å². The van der Waals surface area contributed by atoms with Crippen molar-refractivity contribution in [1.29, 1.82) is 0 Å². The molecule has 0 atom stereocenters. The van der Waals surface area contributed by atoms with Crippen molar-refractivity contribution < 1.29 is 19.5 Å². The van der Waals surface area contributed by atoms with E-state index in [-0.39, 0.29) is 5.88 Å². The van der Waals surface area contributed by atoms with E-state index in [1.54, 1.807) is 30.3 Å². The highest BCUT2D eigenvalue weighted by Gasteiger charge is 2.19. The van der Waals surface area contributed by atoms with Gasteiger partial charge in [-0.25, -0.2) is 4.79 Å². The molecule has 0 saturated heterocycles. The van der Waals surface area contributed by atoms with Crippen molar-refractivity contribution in [2.75, 3.05) is 5.88 Å². The number of hydrogen-bond acceptors (Lipinski definition) is 3. The molecule has 1 aromatic carbocycles. The second-order valence-electron chi connectivity index (χ2n) is 3.55. The maximum atomic E-state index is 11.6. The van der Waals surface area contributed by atoms with Gasteiger partial charge in [-0.1, -0.05) is 30.3 Å². The lowest BCUT2D eigenvalue weighted by molar-refractivity contribution is -0.134. The second-order valence-corrected chi connectivity index (χ2v) is 3.81. The number of benzene rings is 1. The molecule has 4 nitrogen and oxygen atoms in total. The van der Waals surface area contributed by atoms with Crippen LogP contribution in [0.4, 0.5) is 0 Å². The summed E-state index contributed by atoms with van der Waals surface area (Å²) < 4.78 is 0. The Morgan fingerprint density at radius 3 is 2.28 bits per heavy atom. The predicted octanol–water partition coefficient (Wildman–Crippen LogP) is 1.92. The molecule has 0 aromatic heterocycles. The number of Topliss-reactive ketones (excluding diaryl/α,β-unsaturated/α-hetero) is 2. The normalized spacial score (nSPS) is 11.1. The average Bonchev–Trinajstić information content (AvgIpc) is 2.36. The topological polar surface area (TPSA) is 71.4 Å². The molecular formula is C13H11ClO4. The van der Waals surface area contributed by atoms with Gasteiger partial charge in [-0.05, 0) is 11.6 Å². The van der Waals surface area contributed by atoms with E-state index in [0.717, 1.165) is 0 Å². The lowest BCUT2D eigenvalue weighted by atomic mass is 10.0. The third-order valence-corrected chi connectivity index (χ3v) is 2.45. The summed E-state index contributed by atoms with van der Waals surface area (Å²) in [5, 5.41) is 8.96. The van der Waals surface area contributed by atoms with Crippen LogP contribution in [0.2, 0.25) is 0 Å². The summed E-state index contributed by atoms with van der Waals surface area (Å²) in [7, 11) is 0. The van der Waals surface area contributed by atoms with E-state index in [1.807, 2.05) is 0 Å². The van der Waals surface area contributed by atoms with Gasteiger partial charge in [0.2, 0.25) is 0 Å². The molecular weight excluding hydrogens is 256 g/mol. The fraction of sp³-hybridized carbons (Fsp3) is 0.154. The summed E-state index contributed by atoms with van der Waals surface area (Å²) in [5.41, 5.74) is 0.168. The van der Waals surface area contributed by atoms with E-state index in [4.69, 9.17) is 16.7 Å². The first-order valence-electron chi connectivity index (χ1n) is 5.15. The van der Waals surface area contributed by atoms with Crippen LogP contribution in [0.15, 0.2) is 35.9 Å². The smallest absolute Gasteiger partial charge is 0.339 e. The molecule has 0 radical (unpaired) electrons. The van der Waals surface area contributed by atoms with Crippen LogP contribution in [-0.2, 0) is 14.4 Å². The Kier molecular flexibility index (Phi) is 5.27. The van der Waals surface area contributed by atoms with Gasteiger partial charge in [0.15, 0.2) is 11.6 Å². The Bertz CT molecular complexity index is 491. The Morgan fingerprint density at radius 1 is 1.17 bits per heavy atom. The van der Waals surface area contributed by atoms with Gasteiger partial charge in [-0.2, -0.15) is 0 Å². The van der Waals surface area contributed by atoms with Crippen LogP contribution in [0.5, 0.6) is 0 Å². The monoisotopic (exact) mass is 266 g/mol. The van der Waals surface area contributed by atoms with Gasteiger partial charge < -0.3 is 5.11 Å². The lowest BCUT2D eigenvalue weighted by Gasteiger charge is -2.01. The maximum Gasteiger partial charge on any atom is 0.339 e. The third kappa shape index (κ3) is 4.14. The zero-order valence-corrected chi connectivity index (χ0v) is 10.2. The standard InChI is InChI=1S/C13H11ClO4/c14-8-10(15)7-12(16)11(13(17)18)6-9-4-2-1-3-5-9/h1-6H,7-8H2,(H,17,18)/b11-6-. The first-order valence-corrected chi connectivity index (χ1v) is 5.69. The molecule has 0 fully saturated rings. The van der Waals surface area contributed by atoms with Crippen molar-refractivity contribution in [3.05, 3.63) is 41.5 Å². The van der Waals surface area contributed by atoms with Crippen LogP contribution in [0.3, 0.4) is 0 Å². The number of rotatable bonds is 6. The van der Waals surface area contributed by atoms with Crippen LogP contribution in [0.1, 0.15) is 12.0 Å². The minimum atomic E-state index is -1.36. The first kappa shape index (κ1) is 14.1. The summed E-state index contributed by atoms with van der Waals surface area (Å²) in [6.45, 7) is 0. The molecule has 0 spiro atoms. The fourth-order valence-electron chi connectivity index (χ4n) is 1.30. The number of aliphatic carboxylic acids is 1. The van der Waals surface area contributed by atoms with Gasteiger partial charge in [-0.3, -0.25) is 9.59 Å². The number of carbonyl (C=O) groups excluding carboxylic acids is 2. The zero-order chi connectivity index (χ0) is 13.5. The molecule has 0 bridgehead atoms. The average molecular weight is 267 g/mol.